The molecule has 0 amide bonds. The summed E-state index contributed by atoms with van der Waals surface area (Å²) in [5, 5.41) is 0. The summed E-state index contributed by atoms with van der Waals surface area (Å²) in [7, 11) is 1.64. The summed E-state index contributed by atoms with van der Waals surface area (Å²) in [6.45, 7) is 2.09. The van der Waals surface area contributed by atoms with Gasteiger partial charge < -0.3 is 4.74 Å². The SMILES string of the molecule is COc1ccc(C2C(=O)c3ccc(-c4ccccn4)cc3CC23CCN(Cc2ccc(F)c(F)c2)CC3)cc1. The van der Waals surface area contributed by atoms with E-state index in [0.717, 1.165) is 71.6 Å². The lowest BCUT2D eigenvalue weighted by atomic mass is 9.57. The first kappa shape index (κ1) is 25.4. The number of piperidine rings is 1. The number of hydrogen-bond donors (Lipinski definition) is 0. The van der Waals surface area contributed by atoms with Crippen molar-refractivity contribution < 1.29 is 18.3 Å². The van der Waals surface area contributed by atoms with E-state index in [9.17, 15) is 13.6 Å². The predicted molar refractivity (Wildman–Crippen MR) is 147 cm³/mol. The maximum Gasteiger partial charge on any atom is 0.171 e. The number of methoxy groups -OCH3 is 1. The van der Waals surface area contributed by atoms with E-state index in [2.05, 4.69) is 16.0 Å². The van der Waals surface area contributed by atoms with Gasteiger partial charge >= 0.3 is 0 Å². The Morgan fingerprint density at radius 1 is 0.949 bits per heavy atom. The summed E-state index contributed by atoms with van der Waals surface area (Å²) in [6.07, 6.45) is 4.23. The van der Waals surface area contributed by atoms with Crippen molar-refractivity contribution in [3.8, 4) is 17.0 Å². The van der Waals surface area contributed by atoms with Crippen LogP contribution in [-0.2, 0) is 13.0 Å². The normalized spacial score (nSPS) is 18.6. The summed E-state index contributed by atoms with van der Waals surface area (Å²) in [4.78, 5) is 21.0. The van der Waals surface area contributed by atoms with Gasteiger partial charge in [-0.3, -0.25) is 14.7 Å². The molecule has 1 unspecified atom stereocenters. The van der Waals surface area contributed by atoms with Crippen molar-refractivity contribution in [3.63, 3.8) is 0 Å². The standard InChI is InChI=1S/C33H30F2N2O2/c1-39-26-9-6-23(7-10-26)31-32(38)27-11-8-24(30-4-2-3-15-36-30)19-25(27)20-33(31)13-16-37(17-14-33)21-22-5-12-28(34)29(35)18-22/h2-12,15,18-19,31H,13-14,16-17,20-21H2,1H3. The molecule has 4 nitrogen and oxygen atoms in total. The number of ketones is 1. The third-order valence-electron chi connectivity index (χ3n) is 8.44. The summed E-state index contributed by atoms with van der Waals surface area (Å²) < 4.78 is 32.6. The fraction of sp³-hybridized carbons (Fsp3) is 0.273. The van der Waals surface area contributed by atoms with E-state index in [-0.39, 0.29) is 17.1 Å². The molecule has 0 N–H and O–H groups in total. The molecule has 2 heterocycles. The van der Waals surface area contributed by atoms with Crippen molar-refractivity contribution in [3.05, 3.63) is 119 Å². The summed E-state index contributed by atoms with van der Waals surface area (Å²) >= 11 is 0. The van der Waals surface area contributed by atoms with Crippen LogP contribution in [0, 0.1) is 17.0 Å². The van der Waals surface area contributed by atoms with Crippen LogP contribution >= 0.6 is 0 Å². The highest BCUT2D eigenvalue weighted by molar-refractivity contribution is 6.04. The van der Waals surface area contributed by atoms with Crippen molar-refractivity contribution in [1.29, 1.82) is 0 Å². The predicted octanol–water partition coefficient (Wildman–Crippen LogP) is 6.84. The number of benzene rings is 3. The Morgan fingerprint density at radius 3 is 2.44 bits per heavy atom. The highest BCUT2D eigenvalue weighted by atomic mass is 19.2. The fourth-order valence-electron chi connectivity index (χ4n) is 6.41. The molecule has 1 spiro atoms. The van der Waals surface area contributed by atoms with Crippen molar-refractivity contribution >= 4 is 5.78 Å². The molecule has 2 aliphatic rings. The number of pyridine rings is 1. The molecule has 0 bridgehead atoms. The van der Waals surface area contributed by atoms with Gasteiger partial charge in [0.1, 0.15) is 5.75 Å². The number of hydrogen-bond acceptors (Lipinski definition) is 4. The Hall–Kier alpha value is -3.90. The van der Waals surface area contributed by atoms with Crippen LogP contribution in [0.2, 0.25) is 0 Å². The van der Waals surface area contributed by atoms with Gasteiger partial charge in [-0.25, -0.2) is 8.78 Å². The van der Waals surface area contributed by atoms with E-state index in [1.807, 2.05) is 54.6 Å². The van der Waals surface area contributed by atoms with Crippen molar-refractivity contribution in [2.45, 2.75) is 31.7 Å². The van der Waals surface area contributed by atoms with E-state index in [1.165, 1.54) is 12.1 Å². The van der Waals surface area contributed by atoms with Gasteiger partial charge in [0, 0.05) is 23.9 Å². The minimum Gasteiger partial charge on any atom is -0.497 e. The summed E-state index contributed by atoms with van der Waals surface area (Å²) in [5.74, 6) is -0.996. The number of nitrogens with zero attached hydrogens (tertiary/aromatic N) is 2. The minimum atomic E-state index is -0.830. The quantitative estimate of drug-likeness (QED) is 0.287. The lowest BCUT2D eigenvalue weighted by Crippen LogP contribution is -2.48. The number of carbonyl (C=O) groups is 1. The first-order valence-electron chi connectivity index (χ1n) is 13.3. The van der Waals surface area contributed by atoms with Gasteiger partial charge in [0.05, 0.1) is 18.7 Å². The molecule has 1 aromatic heterocycles. The molecular weight excluding hydrogens is 494 g/mol. The van der Waals surface area contributed by atoms with Crippen LogP contribution in [0.25, 0.3) is 11.3 Å². The molecule has 3 aromatic carbocycles. The average molecular weight is 525 g/mol. The smallest absolute Gasteiger partial charge is 0.171 e. The molecule has 4 aromatic rings. The molecule has 39 heavy (non-hydrogen) atoms. The van der Waals surface area contributed by atoms with Crippen LogP contribution in [-0.4, -0.2) is 35.9 Å². The Morgan fingerprint density at radius 2 is 1.74 bits per heavy atom. The van der Waals surface area contributed by atoms with Crippen LogP contribution < -0.4 is 4.74 Å². The van der Waals surface area contributed by atoms with E-state index in [4.69, 9.17) is 4.74 Å². The lowest BCUT2D eigenvalue weighted by molar-refractivity contribution is 0.0533. The minimum absolute atomic E-state index is 0.156. The van der Waals surface area contributed by atoms with Crippen molar-refractivity contribution in [1.82, 2.24) is 9.88 Å². The highest BCUT2D eigenvalue weighted by Crippen LogP contribution is 2.52. The summed E-state index contributed by atoms with van der Waals surface area (Å²) in [6, 6.07) is 23.9. The van der Waals surface area contributed by atoms with Crippen LogP contribution in [0.1, 0.15) is 45.8 Å². The van der Waals surface area contributed by atoms with Gasteiger partial charge in [0.2, 0.25) is 0 Å². The number of Topliss-reactive ketones (excluding diaryl/α,β-unsaturated/α-hetero) is 1. The lowest BCUT2D eigenvalue weighted by Gasteiger charge is -2.49. The second-order valence-electron chi connectivity index (χ2n) is 10.7. The maximum atomic E-state index is 14.2. The number of ether oxygens (including phenoxy) is 1. The van der Waals surface area contributed by atoms with E-state index in [1.54, 1.807) is 19.4 Å². The first-order valence-corrected chi connectivity index (χ1v) is 13.3. The zero-order chi connectivity index (χ0) is 27.0. The number of rotatable bonds is 5. The topological polar surface area (TPSA) is 42.4 Å². The molecule has 1 aliphatic heterocycles. The van der Waals surface area contributed by atoms with Gasteiger partial charge in [-0.2, -0.15) is 0 Å². The van der Waals surface area contributed by atoms with Crippen LogP contribution in [0.5, 0.6) is 5.75 Å². The zero-order valence-electron chi connectivity index (χ0n) is 21.9. The largest absolute Gasteiger partial charge is 0.497 e. The van der Waals surface area contributed by atoms with Crippen molar-refractivity contribution in [2.75, 3.05) is 20.2 Å². The molecule has 1 fully saturated rings. The number of aromatic nitrogens is 1. The average Bonchev–Trinajstić information content (AvgIpc) is 2.97. The monoisotopic (exact) mass is 524 g/mol. The highest BCUT2D eigenvalue weighted by Gasteiger charge is 2.49. The summed E-state index contributed by atoms with van der Waals surface area (Å²) in [5.41, 5.74) is 5.27. The fourth-order valence-corrected chi connectivity index (χ4v) is 6.41. The molecule has 1 aliphatic carbocycles. The zero-order valence-corrected chi connectivity index (χ0v) is 21.9. The third-order valence-corrected chi connectivity index (χ3v) is 8.44. The van der Waals surface area contributed by atoms with E-state index < -0.39 is 11.6 Å². The van der Waals surface area contributed by atoms with Crippen molar-refractivity contribution in [2.24, 2.45) is 5.41 Å². The Labute approximate surface area is 227 Å². The van der Waals surface area contributed by atoms with Crippen LogP contribution in [0.3, 0.4) is 0 Å². The van der Waals surface area contributed by atoms with E-state index >= 15 is 0 Å². The third kappa shape index (κ3) is 4.85. The van der Waals surface area contributed by atoms with E-state index in [0.29, 0.717) is 6.54 Å². The number of carbonyl (C=O) groups excluding carboxylic acids is 1. The molecule has 198 valence electrons. The second kappa shape index (κ2) is 10.3. The van der Waals surface area contributed by atoms with Gasteiger partial charge in [-0.05, 0) is 96.9 Å². The molecule has 1 saturated heterocycles. The molecular formula is C33H30F2N2O2. The molecule has 0 radical (unpaired) electrons. The van der Waals surface area contributed by atoms with Gasteiger partial charge in [-0.1, -0.05) is 36.4 Å². The molecule has 1 atom stereocenters. The Kier molecular flexibility index (Phi) is 6.73. The van der Waals surface area contributed by atoms with Crippen LogP contribution in [0.15, 0.2) is 85.1 Å². The second-order valence-corrected chi connectivity index (χ2v) is 10.7. The van der Waals surface area contributed by atoms with Crippen LogP contribution in [0.4, 0.5) is 8.78 Å². The Balaban J connectivity index is 1.33. The van der Waals surface area contributed by atoms with Gasteiger partial charge in [-0.15, -0.1) is 0 Å². The maximum absolute atomic E-state index is 14.2. The first-order chi connectivity index (χ1) is 19.0. The number of halogens is 2. The molecule has 0 saturated carbocycles. The Bertz CT molecular complexity index is 1500. The number of likely N-dealkylation sites (tertiary alicyclic amines) is 1. The molecule has 6 heteroatoms. The number of fused-ring (bicyclic) bond motifs is 1. The van der Waals surface area contributed by atoms with Gasteiger partial charge in [0.25, 0.3) is 0 Å². The van der Waals surface area contributed by atoms with Gasteiger partial charge in [0.15, 0.2) is 17.4 Å². The molecule has 6 rings (SSSR count).